The predicted octanol–water partition coefficient (Wildman–Crippen LogP) is 5.31. The minimum atomic E-state index is -0.915. The molecule has 0 amide bonds. The number of hydrogen-bond acceptors (Lipinski definition) is 5. The minimum Gasteiger partial charge on any atom is -0.379 e. The van der Waals surface area contributed by atoms with E-state index in [1.807, 2.05) is 20.8 Å². The Hall–Kier alpha value is -0.200. The summed E-state index contributed by atoms with van der Waals surface area (Å²) in [6, 6.07) is 0. The van der Waals surface area contributed by atoms with Crippen LogP contribution in [0.1, 0.15) is 85.5 Å². The van der Waals surface area contributed by atoms with E-state index in [4.69, 9.17) is 23.7 Å². The summed E-state index contributed by atoms with van der Waals surface area (Å²) in [7, 11) is 0. The zero-order chi connectivity index (χ0) is 19.8. The fourth-order valence-corrected chi connectivity index (χ4v) is 3.56. The van der Waals surface area contributed by atoms with Gasteiger partial charge in [0.05, 0.1) is 13.2 Å². The number of epoxide rings is 1. The van der Waals surface area contributed by atoms with E-state index in [-0.39, 0.29) is 5.92 Å². The summed E-state index contributed by atoms with van der Waals surface area (Å²) in [6.07, 6.45) is 11.1. The third-order valence-corrected chi connectivity index (χ3v) is 4.99. The van der Waals surface area contributed by atoms with E-state index in [0.717, 1.165) is 39.1 Å². The molecule has 0 aromatic rings. The van der Waals surface area contributed by atoms with Crippen molar-refractivity contribution < 1.29 is 23.7 Å². The molecule has 0 aromatic carbocycles. The molecular weight excluding hydrogens is 344 g/mol. The molecule has 0 radical (unpaired) electrons. The van der Waals surface area contributed by atoms with Crippen molar-refractivity contribution in [3.63, 3.8) is 0 Å². The van der Waals surface area contributed by atoms with E-state index in [0.29, 0.717) is 25.9 Å². The Morgan fingerprint density at radius 2 is 1.37 bits per heavy atom. The lowest BCUT2D eigenvalue weighted by Gasteiger charge is -2.39. The van der Waals surface area contributed by atoms with Crippen molar-refractivity contribution in [2.24, 2.45) is 5.92 Å². The molecule has 5 heteroatoms. The summed E-state index contributed by atoms with van der Waals surface area (Å²) in [5.41, 5.74) is 0. The fraction of sp³-hybridized carbons (Fsp3) is 1.00. The van der Waals surface area contributed by atoms with Gasteiger partial charge in [0.15, 0.2) is 0 Å². The molecule has 1 aliphatic heterocycles. The first kappa shape index (κ1) is 24.8. The van der Waals surface area contributed by atoms with Gasteiger partial charge in [-0.3, -0.25) is 0 Å². The fourth-order valence-electron chi connectivity index (χ4n) is 3.56. The Kier molecular flexibility index (Phi) is 14.4. The van der Waals surface area contributed by atoms with Crippen LogP contribution >= 0.6 is 0 Å². The molecule has 1 heterocycles. The Morgan fingerprint density at radius 1 is 0.815 bits per heavy atom. The van der Waals surface area contributed by atoms with Crippen molar-refractivity contribution >= 4 is 0 Å². The molecule has 5 nitrogen and oxygen atoms in total. The van der Waals surface area contributed by atoms with Gasteiger partial charge in [-0.05, 0) is 40.0 Å². The number of unbranched alkanes of at least 4 members (excludes halogenated alkanes) is 5. The van der Waals surface area contributed by atoms with Gasteiger partial charge in [0.25, 0.3) is 5.97 Å². The highest BCUT2D eigenvalue weighted by atomic mass is 16.9. The van der Waals surface area contributed by atoms with Gasteiger partial charge in [0.1, 0.15) is 6.10 Å². The minimum absolute atomic E-state index is 0.226. The van der Waals surface area contributed by atoms with Gasteiger partial charge < -0.3 is 23.7 Å². The van der Waals surface area contributed by atoms with E-state index in [1.165, 1.54) is 38.5 Å². The van der Waals surface area contributed by atoms with Crippen molar-refractivity contribution in [1.29, 1.82) is 0 Å². The maximum absolute atomic E-state index is 6.07. The SMILES string of the molecule is CCCCCCCC[C@H](CCCOCC1CO1)C(OCC)(OCC)OCC. The lowest BCUT2D eigenvalue weighted by atomic mass is 9.93. The van der Waals surface area contributed by atoms with E-state index in [9.17, 15) is 0 Å². The second-order valence-electron chi connectivity index (χ2n) is 7.33. The number of ether oxygens (including phenoxy) is 5. The first-order valence-electron chi connectivity index (χ1n) is 11.3. The van der Waals surface area contributed by atoms with Crippen LogP contribution in [0, 0.1) is 5.92 Å². The lowest BCUT2D eigenvalue weighted by Crippen LogP contribution is -2.47. The Bertz CT molecular complexity index is 316. The van der Waals surface area contributed by atoms with Gasteiger partial charge >= 0.3 is 0 Å². The Balaban J connectivity index is 2.53. The molecular formula is C22H44O5. The maximum atomic E-state index is 6.07. The number of hydrogen-bond donors (Lipinski definition) is 0. The van der Waals surface area contributed by atoms with Gasteiger partial charge in [0, 0.05) is 32.3 Å². The molecule has 0 N–H and O–H groups in total. The molecule has 0 aliphatic carbocycles. The monoisotopic (exact) mass is 388 g/mol. The third-order valence-electron chi connectivity index (χ3n) is 4.99. The molecule has 162 valence electrons. The van der Waals surface area contributed by atoms with Crippen molar-refractivity contribution in [2.45, 2.75) is 97.6 Å². The molecule has 0 spiro atoms. The number of rotatable bonds is 20. The molecule has 1 aliphatic rings. The summed E-state index contributed by atoms with van der Waals surface area (Å²) >= 11 is 0. The molecule has 0 saturated carbocycles. The second-order valence-corrected chi connectivity index (χ2v) is 7.33. The zero-order valence-corrected chi connectivity index (χ0v) is 18.3. The van der Waals surface area contributed by atoms with Crippen LogP contribution in [0.5, 0.6) is 0 Å². The molecule has 0 aromatic heterocycles. The Morgan fingerprint density at radius 3 is 1.93 bits per heavy atom. The van der Waals surface area contributed by atoms with Crippen molar-refractivity contribution in [3.05, 3.63) is 0 Å². The van der Waals surface area contributed by atoms with Crippen molar-refractivity contribution in [2.75, 3.05) is 39.6 Å². The molecule has 1 rings (SSSR count). The van der Waals surface area contributed by atoms with Crippen LogP contribution < -0.4 is 0 Å². The highest BCUT2D eigenvalue weighted by Crippen LogP contribution is 2.34. The van der Waals surface area contributed by atoms with Crippen molar-refractivity contribution in [3.8, 4) is 0 Å². The first-order valence-corrected chi connectivity index (χ1v) is 11.3. The van der Waals surface area contributed by atoms with E-state index < -0.39 is 5.97 Å². The van der Waals surface area contributed by atoms with Gasteiger partial charge in [-0.25, -0.2) is 0 Å². The van der Waals surface area contributed by atoms with Crippen LogP contribution in [0.2, 0.25) is 0 Å². The molecule has 1 saturated heterocycles. The smallest absolute Gasteiger partial charge is 0.285 e. The summed E-state index contributed by atoms with van der Waals surface area (Å²) < 4.78 is 29.1. The average Bonchev–Trinajstić information content (AvgIpc) is 3.47. The van der Waals surface area contributed by atoms with Gasteiger partial charge in [-0.1, -0.05) is 45.4 Å². The average molecular weight is 389 g/mol. The summed E-state index contributed by atoms with van der Waals surface area (Å²) in [5, 5.41) is 0. The topological polar surface area (TPSA) is 49.5 Å². The molecule has 1 unspecified atom stereocenters. The van der Waals surface area contributed by atoms with Crippen LogP contribution in [-0.2, 0) is 23.7 Å². The van der Waals surface area contributed by atoms with Crippen LogP contribution in [0.15, 0.2) is 0 Å². The van der Waals surface area contributed by atoms with Crippen LogP contribution in [0.25, 0.3) is 0 Å². The largest absolute Gasteiger partial charge is 0.379 e. The third kappa shape index (κ3) is 10.8. The highest BCUT2D eigenvalue weighted by molar-refractivity contribution is 4.73. The summed E-state index contributed by atoms with van der Waals surface area (Å²) in [4.78, 5) is 0. The molecule has 27 heavy (non-hydrogen) atoms. The summed E-state index contributed by atoms with van der Waals surface area (Å²) in [5.74, 6) is -0.689. The molecule has 1 fully saturated rings. The quantitative estimate of drug-likeness (QED) is 0.161. The van der Waals surface area contributed by atoms with E-state index in [2.05, 4.69) is 6.92 Å². The standard InChI is InChI=1S/C22H44O5/c1-5-9-10-11-12-13-15-20(16-14-17-23-18-21-19-24-21)22(25-6-2,26-7-3)27-8-4/h20-21H,5-19H2,1-4H3/t20-,21?/m1/s1. The molecule has 2 atom stereocenters. The van der Waals surface area contributed by atoms with Gasteiger partial charge in [-0.15, -0.1) is 0 Å². The predicted molar refractivity (Wildman–Crippen MR) is 109 cm³/mol. The highest BCUT2D eigenvalue weighted by Gasteiger charge is 2.41. The lowest BCUT2D eigenvalue weighted by molar-refractivity contribution is -0.403. The zero-order valence-electron chi connectivity index (χ0n) is 18.3. The second kappa shape index (κ2) is 15.7. The van der Waals surface area contributed by atoms with Crippen LogP contribution in [0.3, 0.4) is 0 Å². The maximum Gasteiger partial charge on any atom is 0.285 e. The van der Waals surface area contributed by atoms with Crippen molar-refractivity contribution in [1.82, 2.24) is 0 Å². The first-order chi connectivity index (χ1) is 13.2. The normalized spacial score (nSPS) is 18.0. The summed E-state index contributed by atoms with van der Waals surface area (Å²) in [6.45, 7) is 12.4. The van der Waals surface area contributed by atoms with Gasteiger partial charge in [-0.2, -0.15) is 0 Å². The van der Waals surface area contributed by atoms with E-state index in [1.54, 1.807) is 0 Å². The van der Waals surface area contributed by atoms with Gasteiger partial charge in [0.2, 0.25) is 0 Å². The van der Waals surface area contributed by atoms with Crippen LogP contribution in [0.4, 0.5) is 0 Å². The molecule has 0 bridgehead atoms. The Labute approximate surface area is 167 Å². The van der Waals surface area contributed by atoms with E-state index >= 15 is 0 Å². The van der Waals surface area contributed by atoms with Crippen LogP contribution in [-0.4, -0.2) is 51.7 Å².